The lowest BCUT2D eigenvalue weighted by atomic mass is 10.2. The molecule has 0 bridgehead atoms. The lowest BCUT2D eigenvalue weighted by Gasteiger charge is -1.99. The molecule has 6 heteroatoms. The van der Waals surface area contributed by atoms with E-state index in [9.17, 15) is 4.39 Å². The van der Waals surface area contributed by atoms with Crippen molar-refractivity contribution < 1.29 is 8.81 Å². The van der Waals surface area contributed by atoms with Crippen molar-refractivity contribution in [2.45, 2.75) is 10.6 Å². The predicted molar refractivity (Wildman–Crippen MR) is 80.1 cm³/mol. The molecule has 4 nitrogen and oxygen atoms in total. The number of nitrogen functional groups attached to an aromatic ring is 1. The van der Waals surface area contributed by atoms with Crippen LogP contribution in [0.1, 0.15) is 5.89 Å². The zero-order valence-electron chi connectivity index (χ0n) is 11.0. The van der Waals surface area contributed by atoms with Crippen molar-refractivity contribution in [1.82, 2.24) is 10.2 Å². The quantitative estimate of drug-likeness (QED) is 0.587. The summed E-state index contributed by atoms with van der Waals surface area (Å²) in [5, 5.41) is 7.96. The highest BCUT2D eigenvalue weighted by atomic mass is 32.2. The number of anilines is 1. The highest BCUT2D eigenvalue weighted by Crippen LogP contribution is 2.25. The van der Waals surface area contributed by atoms with Crippen LogP contribution in [0.4, 0.5) is 10.1 Å². The van der Waals surface area contributed by atoms with Gasteiger partial charge in [0.05, 0.1) is 5.75 Å². The smallest absolute Gasteiger partial charge is 0.247 e. The summed E-state index contributed by atoms with van der Waals surface area (Å²) in [4.78, 5) is 1.07. The molecular weight excluding hydrogens is 289 g/mol. The first-order chi connectivity index (χ1) is 10.2. The topological polar surface area (TPSA) is 64.9 Å². The first-order valence-corrected chi connectivity index (χ1v) is 7.26. The Hall–Kier alpha value is -2.34. The molecular formula is C15H12FN3OS. The van der Waals surface area contributed by atoms with Crippen LogP contribution >= 0.6 is 11.8 Å². The van der Waals surface area contributed by atoms with E-state index in [1.807, 2.05) is 24.3 Å². The maximum Gasteiger partial charge on any atom is 0.247 e. The molecule has 0 amide bonds. The molecule has 106 valence electrons. The van der Waals surface area contributed by atoms with Gasteiger partial charge in [-0.3, -0.25) is 0 Å². The molecule has 3 aromatic rings. The van der Waals surface area contributed by atoms with Crippen LogP contribution in [0.5, 0.6) is 0 Å². The summed E-state index contributed by atoms with van der Waals surface area (Å²) in [6.45, 7) is 0. The minimum atomic E-state index is -0.294. The molecule has 3 rings (SSSR count). The monoisotopic (exact) mass is 301 g/mol. The van der Waals surface area contributed by atoms with Gasteiger partial charge in [-0.25, -0.2) is 4.39 Å². The minimum Gasteiger partial charge on any atom is -0.420 e. The number of nitrogens with zero attached hydrogens (tertiary/aromatic N) is 2. The third-order valence-electron chi connectivity index (χ3n) is 2.80. The Morgan fingerprint density at radius 1 is 1.00 bits per heavy atom. The molecule has 0 atom stereocenters. The van der Waals surface area contributed by atoms with Gasteiger partial charge >= 0.3 is 0 Å². The Bertz CT molecular complexity index is 725. The fourth-order valence-electron chi connectivity index (χ4n) is 1.73. The molecule has 0 spiro atoms. The van der Waals surface area contributed by atoms with E-state index in [2.05, 4.69) is 10.2 Å². The van der Waals surface area contributed by atoms with Crippen LogP contribution in [0.15, 0.2) is 57.8 Å². The molecule has 0 aliphatic carbocycles. The van der Waals surface area contributed by atoms with Crippen molar-refractivity contribution in [2.24, 2.45) is 0 Å². The second-order valence-electron chi connectivity index (χ2n) is 4.37. The molecule has 0 saturated heterocycles. The number of hydrogen-bond donors (Lipinski definition) is 1. The van der Waals surface area contributed by atoms with E-state index in [-0.39, 0.29) is 5.82 Å². The van der Waals surface area contributed by atoms with Crippen molar-refractivity contribution in [3.63, 3.8) is 0 Å². The number of halogens is 1. The van der Waals surface area contributed by atoms with E-state index in [4.69, 9.17) is 10.2 Å². The highest BCUT2D eigenvalue weighted by molar-refractivity contribution is 7.98. The lowest BCUT2D eigenvalue weighted by molar-refractivity contribution is 0.528. The summed E-state index contributed by atoms with van der Waals surface area (Å²) in [6.07, 6.45) is 0. The summed E-state index contributed by atoms with van der Waals surface area (Å²) < 4.78 is 18.4. The van der Waals surface area contributed by atoms with Crippen LogP contribution in [-0.2, 0) is 5.75 Å². The van der Waals surface area contributed by atoms with Gasteiger partial charge in [-0.2, -0.15) is 0 Å². The fraction of sp³-hybridized carbons (Fsp3) is 0.0667. The highest BCUT2D eigenvalue weighted by Gasteiger charge is 2.09. The van der Waals surface area contributed by atoms with Crippen molar-refractivity contribution in [1.29, 1.82) is 0 Å². The molecule has 0 aliphatic rings. The van der Waals surface area contributed by atoms with Gasteiger partial charge in [-0.15, -0.1) is 22.0 Å². The van der Waals surface area contributed by atoms with Gasteiger partial charge in [0.1, 0.15) is 5.82 Å². The van der Waals surface area contributed by atoms with Gasteiger partial charge in [0.25, 0.3) is 0 Å². The maximum absolute atomic E-state index is 12.9. The average molecular weight is 301 g/mol. The van der Waals surface area contributed by atoms with Gasteiger partial charge in [0.2, 0.25) is 11.8 Å². The first-order valence-electron chi connectivity index (χ1n) is 6.27. The van der Waals surface area contributed by atoms with Crippen LogP contribution in [0, 0.1) is 5.82 Å². The zero-order valence-corrected chi connectivity index (χ0v) is 11.8. The summed E-state index contributed by atoms with van der Waals surface area (Å²) in [5.41, 5.74) is 7.07. The largest absolute Gasteiger partial charge is 0.420 e. The molecule has 0 aliphatic heterocycles. The maximum atomic E-state index is 12.9. The van der Waals surface area contributed by atoms with Crippen molar-refractivity contribution in [2.75, 3.05) is 5.73 Å². The molecule has 1 aromatic heterocycles. The Morgan fingerprint density at radius 3 is 2.43 bits per heavy atom. The number of rotatable bonds is 4. The normalized spacial score (nSPS) is 10.7. The number of nitrogens with two attached hydrogens (primary N) is 1. The van der Waals surface area contributed by atoms with E-state index in [1.54, 1.807) is 23.9 Å². The van der Waals surface area contributed by atoms with Crippen molar-refractivity contribution in [3.05, 3.63) is 60.2 Å². The van der Waals surface area contributed by atoms with E-state index < -0.39 is 0 Å². The Morgan fingerprint density at radius 2 is 1.71 bits per heavy atom. The Labute approximate surface area is 125 Å². The van der Waals surface area contributed by atoms with Crippen LogP contribution in [0.3, 0.4) is 0 Å². The Balaban J connectivity index is 1.67. The summed E-state index contributed by atoms with van der Waals surface area (Å²) in [7, 11) is 0. The SMILES string of the molecule is Nc1ccc(SCc2nnc(-c3ccc(F)cc3)o2)cc1. The van der Waals surface area contributed by atoms with Crippen LogP contribution in [0.25, 0.3) is 11.5 Å². The van der Waals surface area contributed by atoms with Gasteiger partial charge < -0.3 is 10.2 Å². The van der Waals surface area contributed by atoms with Gasteiger partial charge in [-0.1, -0.05) is 0 Å². The molecule has 0 radical (unpaired) electrons. The summed E-state index contributed by atoms with van der Waals surface area (Å²) in [5.74, 6) is 1.19. The third kappa shape index (κ3) is 3.41. The third-order valence-corrected chi connectivity index (χ3v) is 3.80. The molecule has 1 heterocycles. The molecule has 0 unspecified atom stereocenters. The molecule has 0 saturated carbocycles. The standard InChI is InChI=1S/C15H12FN3OS/c16-11-3-1-10(2-4-11)15-19-18-14(20-15)9-21-13-7-5-12(17)6-8-13/h1-8H,9,17H2. The molecule has 2 N–H and O–H groups in total. The second-order valence-corrected chi connectivity index (χ2v) is 5.41. The molecule has 0 fully saturated rings. The van der Waals surface area contributed by atoms with Gasteiger partial charge in [0.15, 0.2) is 0 Å². The van der Waals surface area contributed by atoms with Crippen LogP contribution in [0.2, 0.25) is 0 Å². The van der Waals surface area contributed by atoms with E-state index in [0.29, 0.717) is 23.1 Å². The number of aromatic nitrogens is 2. The second kappa shape index (κ2) is 5.97. The first kappa shape index (κ1) is 13.6. The molecule has 21 heavy (non-hydrogen) atoms. The van der Waals surface area contributed by atoms with E-state index in [0.717, 1.165) is 10.6 Å². The Kier molecular flexibility index (Phi) is 3.87. The fourth-order valence-corrected chi connectivity index (χ4v) is 2.47. The summed E-state index contributed by atoms with van der Waals surface area (Å²) in [6, 6.07) is 13.5. The van der Waals surface area contributed by atoms with Crippen LogP contribution in [-0.4, -0.2) is 10.2 Å². The zero-order chi connectivity index (χ0) is 14.7. The van der Waals surface area contributed by atoms with Crippen LogP contribution < -0.4 is 5.73 Å². The lowest BCUT2D eigenvalue weighted by Crippen LogP contribution is -1.84. The molecule has 2 aromatic carbocycles. The predicted octanol–water partition coefficient (Wildman–Crippen LogP) is 3.75. The van der Waals surface area contributed by atoms with E-state index in [1.165, 1.54) is 12.1 Å². The average Bonchev–Trinajstić information content (AvgIpc) is 2.96. The number of hydrogen-bond acceptors (Lipinski definition) is 5. The van der Waals surface area contributed by atoms with Crippen molar-refractivity contribution >= 4 is 17.4 Å². The van der Waals surface area contributed by atoms with Gasteiger partial charge in [0, 0.05) is 16.1 Å². The minimum absolute atomic E-state index is 0.294. The van der Waals surface area contributed by atoms with Crippen molar-refractivity contribution in [3.8, 4) is 11.5 Å². The summed E-state index contributed by atoms with van der Waals surface area (Å²) >= 11 is 1.58. The number of thioether (sulfide) groups is 1. The van der Waals surface area contributed by atoms with E-state index >= 15 is 0 Å². The number of benzene rings is 2. The van der Waals surface area contributed by atoms with Gasteiger partial charge in [-0.05, 0) is 48.5 Å².